The SMILES string of the molecule is CNC(C)(C)c1ccc(Cl)o1. The smallest absolute Gasteiger partial charge is 0.193 e. The van der Waals surface area contributed by atoms with E-state index in [-0.39, 0.29) is 5.54 Å². The summed E-state index contributed by atoms with van der Waals surface area (Å²) in [7, 11) is 1.89. The molecule has 3 heteroatoms. The third-order valence-electron chi connectivity index (χ3n) is 1.81. The van der Waals surface area contributed by atoms with Gasteiger partial charge >= 0.3 is 0 Å². The van der Waals surface area contributed by atoms with Crippen molar-refractivity contribution in [3.8, 4) is 0 Å². The predicted octanol–water partition coefficient (Wildman–Crippen LogP) is 2.39. The molecule has 1 heterocycles. The first-order chi connectivity index (χ1) is 5.06. The van der Waals surface area contributed by atoms with Gasteiger partial charge in [0.05, 0.1) is 5.54 Å². The summed E-state index contributed by atoms with van der Waals surface area (Å²) in [4.78, 5) is 0. The zero-order chi connectivity index (χ0) is 8.48. The summed E-state index contributed by atoms with van der Waals surface area (Å²) in [5.74, 6) is 0.852. The Bertz CT molecular complexity index is 242. The molecule has 0 aliphatic rings. The minimum atomic E-state index is -0.146. The number of rotatable bonds is 2. The van der Waals surface area contributed by atoms with E-state index in [9.17, 15) is 0 Å². The maximum atomic E-state index is 5.63. The molecule has 1 aromatic rings. The molecule has 2 nitrogen and oxygen atoms in total. The van der Waals surface area contributed by atoms with Gasteiger partial charge in [0.2, 0.25) is 0 Å². The highest BCUT2D eigenvalue weighted by Crippen LogP contribution is 2.23. The van der Waals surface area contributed by atoms with Crippen molar-refractivity contribution in [2.75, 3.05) is 7.05 Å². The Labute approximate surface area is 71.5 Å². The lowest BCUT2D eigenvalue weighted by Gasteiger charge is -2.20. The molecule has 0 fully saturated rings. The van der Waals surface area contributed by atoms with E-state index >= 15 is 0 Å². The standard InChI is InChI=1S/C8H12ClNO/c1-8(2,10-3)6-4-5-7(9)11-6/h4-5,10H,1-3H3. The fraction of sp³-hybridized carbons (Fsp3) is 0.500. The van der Waals surface area contributed by atoms with E-state index in [0.717, 1.165) is 5.76 Å². The number of halogens is 1. The lowest BCUT2D eigenvalue weighted by atomic mass is 10.0. The van der Waals surface area contributed by atoms with Crippen LogP contribution in [-0.2, 0) is 5.54 Å². The summed E-state index contributed by atoms with van der Waals surface area (Å²) < 4.78 is 5.24. The van der Waals surface area contributed by atoms with Crippen molar-refractivity contribution in [2.45, 2.75) is 19.4 Å². The maximum absolute atomic E-state index is 5.63. The first-order valence-electron chi connectivity index (χ1n) is 3.51. The van der Waals surface area contributed by atoms with E-state index in [0.29, 0.717) is 5.22 Å². The fourth-order valence-electron chi connectivity index (χ4n) is 0.773. The average Bonchev–Trinajstić information content (AvgIpc) is 2.36. The molecule has 1 aromatic heterocycles. The van der Waals surface area contributed by atoms with Crippen molar-refractivity contribution in [1.29, 1.82) is 0 Å². The average molecular weight is 174 g/mol. The second-order valence-corrected chi connectivity index (χ2v) is 3.35. The second-order valence-electron chi connectivity index (χ2n) is 2.98. The van der Waals surface area contributed by atoms with Crippen molar-refractivity contribution in [1.82, 2.24) is 5.32 Å². The topological polar surface area (TPSA) is 25.2 Å². The van der Waals surface area contributed by atoms with Crippen molar-refractivity contribution in [2.24, 2.45) is 0 Å². The third kappa shape index (κ3) is 1.76. The molecule has 0 radical (unpaired) electrons. The van der Waals surface area contributed by atoms with Gasteiger partial charge in [-0.15, -0.1) is 0 Å². The van der Waals surface area contributed by atoms with Gasteiger partial charge in [-0.3, -0.25) is 0 Å². The van der Waals surface area contributed by atoms with E-state index in [1.165, 1.54) is 0 Å². The van der Waals surface area contributed by atoms with E-state index in [4.69, 9.17) is 16.0 Å². The molecule has 0 aliphatic carbocycles. The lowest BCUT2D eigenvalue weighted by molar-refractivity contribution is 0.342. The lowest BCUT2D eigenvalue weighted by Crippen LogP contribution is -2.32. The third-order valence-corrected chi connectivity index (χ3v) is 2.02. The number of hydrogen-bond acceptors (Lipinski definition) is 2. The van der Waals surface area contributed by atoms with Crippen LogP contribution in [0.2, 0.25) is 5.22 Å². The van der Waals surface area contributed by atoms with Gasteiger partial charge in [-0.1, -0.05) is 0 Å². The summed E-state index contributed by atoms with van der Waals surface area (Å²) in [5.41, 5.74) is -0.146. The van der Waals surface area contributed by atoms with Crippen molar-refractivity contribution >= 4 is 11.6 Å². The highest BCUT2D eigenvalue weighted by atomic mass is 35.5. The summed E-state index contributed by atoms with van der Waals surface area (Å²) in [5, 5.41) is 3.55. The summed E-state index contributed by atoms with van der Waals surface area (Å²) in [6.45, 7) is 4.06. The fourth-order valence-corrected chi connectivity index (χ4v) is 0.920. The summed E-state index contributed by atoms with van der Waals surface area (Å²) >= 11 is 5.63. The van der Waals surface area contributed by atoms with E-state index in [2.05, 4.69) is 5.32 Å². The number of nitrogens with one attached hydrogen (secondary N) is 1. The van der Waals surface area contributed by atoms with Crippen LogP contribution in [0.25, 0.3) is 0 Å². The monoisotopic (exact) mass is 173 g/mol. The van der Waals surface area contributed by atoms with Gasteiger partial charge in [0.15, 0.2) is 5.22 Å². The quantitative estimate of drug-likeness (QED) is 0.743. The molecule has 0 bridgehead atoms. The first-order valence-corrected chi connectivity index (χ1v) is 3.89. The van der Waals surface area contributed by atoms with Crippen LogP contribution in [0.4, 0.5) is 0 Å². The predicted molar refractivity (Wildman–Crippen MR) is 45.8 cm³/mol. The second kappa shape index (κ2) is 2.88. The Morgan fingerprint density at radius 3 is 2.45 bits per heavy atom. The first kappa shape index (κ1) is 8.62. The molecule has 11 heavy (non-hydrogen) atoms. The zero-order valence-electron chi connectivity index (χ0n) is 6.94. The Balaban J connectivity index is 2.92. The van der Waals surface area contributed by atoms with Gasteiger partial charge < -0.3 is 9.73 Å². The summed E-state index contributed by atoms with van der Waals surface area (Å²) in [6, 6.07) is 3.62. The number of furan rings is 1. The highest BCUT2D eigenvalue weighted by molar-refractivity contribution is 6.28. The number of hydrogen-bond donors (Lipinski definition) is 1. The maximum Gasteiger partial charge on any atom is 0.193 e. The Kier molecular flexibility index (Phi) is 2.25. The molecular weight excluding hydrogens is 162 g/mol. The molecule has 62 valence electrons. The Morgan fingerprint density at radius 2 is 2.09 bits per heavy atom. The van der Waals surface area contributed by atoms with Crippen LogP contribution in [-0.4, -0.2) is 7.05 Å². The molecule has 0 amide bonds. The van der Waals surface area contributed by atoms with Crippen LogP contribution in [0.15, 0.2) is 16.5 Å². The van der Waals surface area contributed by atoms with Gasteiger partial charge in [0.1, 0.15) is 5.76 Å². The molecule has 0 aromatic carbocycles. The van der Waals surface area contributed by atoms with E-state index < -0.39 is 0 Å². The van der Waals surface area contributed by atoms with Crippen molar-refractivity contribution in [3.63, 3.8) is 0 Å². The Morgan fingerprint density at radius 1 is 1.45 bits per heavy atom. The van der Waals surface area contributed by atoms with Crippen LogP contribution < -0.4 is 5.32 Å². The van der Waals surface area contributed by atoms with Gasteiger partial charge in [-0.05, 0) is 44.6 Å². The molecule has 0 saturated heterocycles. The van der Waals surface area contributed by atoms with Crippen molar-refractivity contribution in [3.05, 3.63) is 23.1 Å². The normalized spacial score (nSPS) is 12.0. The van der Waals surface area contributed by atoms with Gasteiger partial charge in [0.25, 0.3) is 0 Å². The molecule has 0 spiro atoms. The van der Waals surface area contributed by atoms with Crippen LogP contribution in [0, 0.1) is 0 Å². The molecule has 0 unspecified atom stereocenters. The van der Waals surface area contributed by atoms with Crippen LogP contribution in [0.5, 0.6) is 0 Å². The minimum Gasteiger partial charge on any atom is -0.448 e. The van der Waals surface area contributed by atoms with Crippen molar-refractivity contribution < 1.29 is 4.42 Å². The minimum absolute atomic E-state index is 0.146. The molecule has 0 aliphatic heterocycles. The Hall–Kier alpha value is -0.470. The van der Waals surface area contributed by atoms with Gasteiger partial charge in [-0.2, -0.15) is 0 Å². The van der Waals surface area contributed by atoms with E-state index in [1.54, 1.807) is 6.07 Å². The van der Waals surface area contributed by atoms with E-state index in [1.807, 2.05) is 27.0 Å². The molecule has 0 atom stereocenters. The zero-order valence-corrected chi connectivity index (χ0v) is 7.70. The molecule has 0 saturated carbocycles. The van der Waals surface area contributed by atoms with Crippen LogP contribution in [0.1, 0.15) is 19.6 Å². The van der Waals surface area contributed by atoms with Gasteiger partial charge in [0, 0.05) is 0 Å². The van der Waals surface area contributed by atoms with Crippen LogP contribution >= 0.6 is 11.6 Å². The van der Waals surface area contributed by atoms with Gasteiger partial charge in [-0.25, -0.2) is 0 Å². The molecular formula is C8H12ClNO. The van der Waals surface area contributed by atoms with Crippen LogP contribution in [0.3, 0.4) is 0 Å². The molecule has 1 rings (SSSR count). The largest absolute Gasteiger partial charge is 0.448 e. The molecule has 1 N–H and O–H groups in total. The highest BCUT2D eigenvalue weighted by Gasteiger charge is 2.21. The summed E-state index contributed by atoms with van der Waals surface area (Å²) in [6.07, 6.45) is 0.